The summed E-state index contributed by atoms with van der Waals surface area (Å²) in [4.78, 5) is 7.68. The summed E-state index contributed by atoms with van der Waals surface area (Å²) in [5, 5.41) is 11.3. The number of aromatic nitrogens is 2. The molecule has 0 atom stereocenters. The summed E-state index contributed by atoms with van der Waals surface area (Å²) in [5.41, 5.74) is 3.42. The molecule has 5 heteroatoms. The zero-order valence-corrected chi connectivity index (χ0v) is 13.6. The van der Waals surface area contributed by atoms with Crippen molar-refractivity contribution in [3.63, 3.8) is 0 Å². The Balaban J connectivity index is 2.04. The van der Waals surface area contributed by atoms with E-state index in [1.807, 2.05) is 30.5 Å². The van der Waals surface area contributed by atoms with E-state index >= 15 is 0 Å². The third-order valence-electron chi connectivity index (χ3n) is 3.97. The van der Waals surface area contributed by atoms with Gasteiger partial charge >= 0.3 is 0 Å². The van der Waals surface area contributed by atoms with Crippen LogP contribution in [0.3, 0.4) is 0 Å². The highest BCUT2D eigenvalue weighted by Crippen LogP contribution is 2.32. The lowest BCUT2D eigenvalue weighted by Crippen LogP contribution is -1.94. The Bertz CT molecular complexity index is 1040. The van der Waals surface area contributed by atoms with Crippen molar-refractivity contribution in [1.82, 2.24) is 9.97 Å². The van der Waals surface area contributed by atoms with Gasteiger partial charge in [0.05, 0.1) is 12.3 Å². The van der Waals surface area contributed by atoms with Gasteiger partial charge in [-0.2, -0.15) is 0 Å². The molecule has 2 aromatic carbocycles. The van der Waals surface area contributed by atoms with Crippen molar-refractivity contribution < 1.29 is 9.50 Å². The highest BCUT2D eigenvalue weighted by molar-refractivity contribution is 9.10. The Hall–Kier alpha value is -2.24. The minimum absolute atomic E-state index is 0.165. The Morgan fingerprint density at radius 3 is 2.83 bits per heavy atom. The van der Waals surface area contributed by atoms with E-state index in [0.717, 1.165) is 20.9 Å². The molecule has 23 heavy (non-hydrogen) atoms. The average Bonchev–Trinajstić information content (AvgIpc) is 2.97. The lowest BCUT2D eigenvalue weighted by Gasteiger charge is -2.08. The quantitative estimate of drug-likeness (QED) is 0.533. The van der Waals surface area contributed by atoms with Gasteiger partial charge in [-0.15, -0.1) is 0 Å². The van der Waals surface area contributed by atoms with Gasteiger partial charge in [0.1, 0.15) is 11.3 Å². The van der Waals surface area contributed by atoms with E-state index in [9.17, 15) is 9.50 Å². The molecule has 0 radical (unpaired) electrons. The highest BCUT2D eigenvalue weighted by atomic mass is 79.9. The zero-order valence-electron chi connectivity index (χ0n) is 12.0. The first-order valence-corrected chi connectivity index (χ1v) is 7.92. The molecule has 114 valence electrons. The first kappa shape index (κ1) is 14.4. The van der Waals surface area contributed by atoms with E-state index in [4.69, 9.17) is 0 Å². The number of hydrogen-bond acceptors (Lipinski definition) is 2. The van der Waals surface area contributed by atoms with Gasteiger partial charge in [-0.05, 0) is 35.9 Å². The predicted molar refractivity (Wildman–Crippen MR) is 92.6 cm³/mol. The summed E-state index contributed by atoms with van der Waals surface area (Å²) in [6.07, 6.45) is 1.85. The van der Waals surface area contributed by atoms with Crippen molar-refractivity contribution in [2.24, 2.45) is 0 Å². The standard InChI is InChI=1S/C18H12BrFN2O/c19-11-4-5-16-13(7-11)14(8-21-16)17-6-10(9-23)12-2-1-3-15(20)18(12)22-17/h1-8,21,23H,9H2. The molecule has 0 saturated carbocycles. The minimum atomic E-state index is -0.389. The molecule has 3 nitrogen and oxygen atoms in total. The van der Waals surface area contributed by atoms with Gasteiger partial charge in [-0.1, -0.05) is 28.1 Å². The molecule has 2 heterocycles. The number of benzene rings is 2. The second kappa shape index (κ2) is 5.44. The molecule has 0 fully saturated rings. The van der Waals surface area contributed by atoms with Gasteiger partial charge in [-0.3, -0.25) is 0 Å². The molecule has 0 amide bonds. The second-order valence-corrected chi connectivity index (χ2v) is 6.27. The maximum absolute atomic E-state index is 14.1. The van der Waals surface area contributed by atoms with Crippen LogP contribution in [0.1, 0.15) is 5.56 Å². The van der Waals surface area contributed by atoms with Crippen LogP contribution < -0.4 is 0 Å². The molecule has 4 aromatic rings. The van der Waals surface area contributed by atoms with E-state index in [1.54, 1.807) is 12.1 Å². The largest absolute Gasteiger partial charge is 0.392 e. The molecule has 0 aliphatic heterocycles. The van der Waals surface area contributed by atoms with Crippen molar-refractivity contribution >= 4 is 37.7 Å². The van der Waals surface area contributed by atoms with Crippen LogP contribution in [0.5, 0.6) is 0 Å². The van der Waals surface area contributed by atoms with Crippen molar-refractivity contribution in [3.8, 4) is 11.3 Å². The SMILES string of the molecule is OCc1cc(-c2c[nH]c3ccc(Br)cc23)nc2c(F)cccc12. The van der Waals surface area contributed by atoms with E-state index in [-0.39, 0.29) is 17.9 Å². The van der Waals surface area contributed by atoms with E-state index in [2.05, 4.69) is 25.9 Å². The van der Waals surface area contributed by atoms with Crippen LogP contribution in [0.4, 0.5) is 4.39 Å². The number of nitrogens with zero attached hydrogens (tertiary/aromatic N) is 1. The molecule has 0 aliphatic rings. The van der Waals surface area contributed by atoms with Crippen molar-refractivity contribution in [3.05, 3.63) is 64.5 Å². The zero-order chi connectivity index (χ0) is 16.0. The number of aromatic amines is 1. The maximum atomic E-state index is 14.1. The molecule has 2 N–H and O–H groups in total. The van der Waals surface area contributed by atoms with E-state index in [1.165, 1.54) is 6.07 Å². The number of aliphatic hydroxyl groups excluding tert-OH is 1. The lowest BCUT2D eigenvalue weighted by molar-refractivity contribution is 0.283. The van der Waals surface area contributed by atoms with Crippen molar-refractivity contribution in [2.45, 2.75) is 6.61 Å². The number of hydrogen-bond donors (Lipinski definition) is 2. The van der Waals surface area contributed by atoms with Crippen LogP contribution in [-0.4, -0.2) is 15.1 Å². The van der Waals surface area contributed by atoms with E-state index < -0.39 is 0 Å². The van der Waals surface area contributed by atoms with Crippen LogP contribution in [0, 0.1) is 5.82 Å². The van der Waals surface area contributed by atoms with Gasteiger partial charge < -0.3 is 10.1 Å². The monoisotopic (exact) mass is 370 g/mol. The number of rotatable bonds is 2. The summed E-state index contributed by atoms with van der Waals surface area (Å²) in [6.45, 7) is -0.165. The molecular formula is C18H12BrFN2O. The molecule has 2 aromatic heterocycles. The summed E-state index contributed by atoms with van der Waals surface area (Å²) in [6, 6.07) is 12.5. The van der Waals surface area contributed by atoms with Gasteiger partial charge in [0, 0.05) is 32.5 Å². The molecule has 4 rings (SSSR count). The normalized spacial score (nSPS) is 11.4. The van der Waals surface area contributed by atoms with Crippen molar-refractivity contribution in [1.29, 1.82) is 0 Å². The predicted octanol–water partition coefficient (Wildman–Crippen LogP) is 4.78. The van der Waals surface area contributed by atoms with Crippen LogP contribution in [0.2, 0.25) is 0 Å². The highest BCUT2D eigenvalue weighted by Gasteiger charge is 2.13. The third kappa shape index (κ3) is 2.33. The minimum Gasteiger partial charge on any atom is -0.392 e. The Labute approximate surface area is 139 Å². The smallest absolute Gasteiger partial charge is 0.149 e. The summed E-state index contributed by atoms with van der Waals surface area (Å²) < 4.78 is 15.1. The lowest BCUT2D eigenvalue weighted by atomic mass is 10.0. The Morgan fingerprint density at radius 1 is 1.13 bits per heavy atom. The molecule has 0 spiro atoms. The van der Waals surface area contributed by atoms with Crippen molar-refractivity contribution in [2.75, 3.05) is 0 Å². The van der Waals surface area contributed by atoms with Gasteiger partial charge in [0.2, 0.25) is 0 Å². The number of aliphatic hydroxyl groups is 1. The number of fused-ring (bicyclic) bond motifs is 2. The van der Waals surface area contributed by atoms with Gasteiger partial charge in [-0.25, -0.2) is 9.37 Å². The van der Waals surface area contributed by atoms with E-state index in [0.29, 0.717) is 16.6 Å². The first-order chi connectivity index (χ1) is 11.2. The van der Waals surface area contributed by atoms with Crippen LogP contribution >= 0.6 is 15.9 Å². The van der Waals surface area contributed by atoms with Crippen LogP contribution in [0.15, 0.2) is 53.1 Å². The number of H-pyrrole nitrogens is 1. The fraction of sp³-hybridized carbons (Fsp3) is 0.0556. The molecule has 0 aliphatic carbocycles. The number of halogens is 2. The molecular weight excluding hydrogens is 359 g/mol. The van der Waals surface area contributed by atoms with Crippen LogP contribution in [0.25, 0.3) is 33.1 Å². The number of pyridine rings is 1. The molecule has 0 unspecified atom stereocenters. The average molecular weight is 371 g/mol. The molecule has 0 bridgehead atoms. The third-order valence-corrected chi connectivity index (χ3v) is 4.46. The maximum Gasteiger partial charge on any atom is 0.149 e. The topological polar surface area (TPSA) is 48.9 Å². The summed E-state index contributed by atoms with van der Waals surface area (Å²) in [7, 11) is 0. The Morgan fingerprint density at radius 2 is 2.00 bits per heavy atom. The van der Waals surface area contributed by atoms with Crippen LogP contribution in [-0.2, 0) is 6.61 Å². The fourth-order valence-electron chi connectivity index (χ4n) is 2.86. The fourth-order valence-corrected chi connectivity index (χ4v) is 3.22. The summed E-state index contributed by atoms with van der Waals surface area (Å²) in [5.74, 6) is -0.389. The number of para-hydroxylation sites is 1. The number of nitrogens with one attached hydrogen (secondary N) is 1. The molecule has 0 saturated heterocycles. The van der Waals surface area contributed by atoms with Gasteiger partial charge in [0.25, 0.3) is 0 Å². The van der Waals surface area contributed by atoms with Gasteiger partial charge in [0.15, 0.2) is 0 Å². The summed E-state index contributed by atoms with van der Waals surface area (Å²) >= 11 is 3.47. The second-order valence-electron chi connectivity index (χ2n) is 5.35. The Kier molecular flexibility index (Phi) is 3.39. The first-order valence-electron chi connectivity index (χ1n) is 7.13.